The van der Waals surface area contributed by atoms with Gasteiger partial charge in [-0.2, -0.15) is 0 Å². The van der Waals surface area contributed by atoms with E-state index in [9.17, 15) is 8.78 Å². The standard InChI is InChI=1S/C14H15F2N3S/c1-3-4-12-18-13(17-2)8-14(19-12)20-11-6-5-9(15)7-10(11)16/h5-8H,3-4H2,1-2H3,(H,17,18,19). The first-order chi connectivity index (χ1) is 9.62. The highest BCUT2D eigenvalue weighted by Gasteiger charge is 2.09. The Labute approximate surface area is 120 Å². The average molecular weight is 295 g/mol. The largest absolute Gasteiger partial charge is 0.373 e. The van der Waals surface area contributed by atoms with Crippen molar-refractivity contribution < 1.29 is 8.78 Å². The summed E-state index contributed by atoms with van der Waals surface area (Å²) >= 11 is 1.16. The molecule has 0 saturated carbocycles. The smallest absolute Gasteiger partial charge is 0.140 e. The number of benzene rings is 1. The van der Waals surface area contributed by atoms with Gasteiger partial charge in [0.1, 0.15) is 28.3 Å². The van der Waals surface area contributed by atoms with E-state index in [2.05, 4.69) is 15.3 Å². The quantitative estimate of drug-likeness (QED) is 0.849. The molecular formula is C14H15F2N3S. The van der Waals surface area contributed by atoms with E-state index in [4.69, 9.17) is 0 Å². The van der Waals surface area contributed by atoms with Crippen molar-refractivity contribution in [2.24, 2.45) is 0 Å². The molecule has 0 unspecified atom stereocenters. The lowest BCUT2D eigenvalue weighted by Gasteiger charge is -2.07. The van der Waals surface area contributed by atoms with Gasteiger partial charge in [-0.3, -0.25) is 0 Å². The maximum atomic E-state index is 13.6. The molecule has 0 radical (unpaired) electrons. The molecule has 20 heavy (non-hydrogen) atoms. The first-order valence-corrected chi connectivity index (χ1v) is 7.12. The van der Waals surface area contributed by atoms with Crippen molar-refractivity contribution in [2.75, 3.05) is 12.4 Å². The molecule has 6 heteroatoms. The molecule has 0 amide bonds. The highest BCUT2D eigenvalue weighted by Crippen LogP contribution is 2.30. The molecule has 0 atom stereocenters. The summed E-state index contributed by atoms with van der Waals surface area (Å²) in [5.74, 6) is 0.228. The van der Waals surface area contributed by atoms with Gasteiger partial charge in [-0.15, -0.1) is 0 Å². The lowest BCUT2D eigenvalue weighted by atomic mass is 10.3. The van der Waals surface area contributed by atoms with Crippen molar-refractivity contribution in [2.45, 2.75) is 29.7 Å². The SMILES string of the molecule is CCCc1nc(NC)cc(Sc2ccc(F)cc2F)n1. The number of aryl methyl sites for hydroxylation is 1. The van der Waals surface area contributed by atoms with Crippen LogP contribution >= 0.6 is 11.8 Å². The minimum atomic E-state index is -0.586. The van der Waals surface area contributed by atoms with E-state index < -0.39 is 11.6 Å². The van der Waals surface area contributed by atoms with Crippen molar-refractivity contribution in [1.82, 2.24) is 9.97 Å². The molecule has 1 heterocycles. The number of hydrogen-bond acceptors (Lipinski definition) is 4. The van der Waals surface area contributed by atoms with Gasteiger partial charge in [0.15, 0.2) is 0 Å². The third-order valence-electron chi connectivity index (χ3n) is 2.59. The van der Waals surface area contributed by atoms with Crippen molar-refractivity contribution in [3.63, 3.8) is 0 Å². The number of nitrogens with one attached hydrogen (secondary N) is 1. The number of aromatic nitrogens is 2. The van der Waals surface area contributed by atoms with Crippen LogP contribution in [0.1, 0.15) is 19.2 Å². The van der Waals surface area contributed by atoms with Crippen molar-refractivity contribution in [1.29, 1.82) is 0 Å². The first-order valence-electron chi connectivity index (χ1n) is 6.31. The summed E-state index contributed by atoms with van der Waals surface area (Å²) in [6.07, 6.45) is 1.69. The van der Waals surface area contributed by atoms with Crippen LogP contribution in [-0.4, -0.2) is 17.0 Å². The van der Waals surface area contributed by atoms with Crippen molar-refractivity contribution in [3.8, 4) is 0 Å². The molecular weight excluding hydrogens is 280 g/mol. The third-order valence-corrected chi connectivity index (χ3v) is 3.56. The molecule has 1 aromatic carbocycles. The van der Waals surface area contributed by atoms with E-state index in [-0.39, 0.29) is 0 Å². The molecule has 2 rings (SSSR count). The summed E-state index contributed by atoms with van der Waals surface area (Å²) in [6.45, 7) is 2.04. The zero-order valence-electron chi connectivity index (χ0n) is 11.3. The molecule has 0 aliphatic carbocycles. The maximum absolute atomic E-state index is 13.6. The Morgan fingerprint density at radius 1 is 1.20 bits per heavy atom. The first kappa shape index (κ1) is 14.7. The summed E-state index contributed by atoms with van der Waals surface area (Å²) in [6, 6.07) is 5.26. The second kappa shape index (κ2) is 6.65. The summed E-state index contributed by atoms with van der Waals surface area (Å²) in [5, 5.41) is 3.59. The van der Waals surface area contributed by atoms with E-state index in [1.165, 1.54) is 12.1 Å². The van der Waals surface area contributed by atoms with Crippen LogP contribution in [0.15, 0.2) is 34.2 Å². The third kappa shape index (κ3) is 3.66. The molecule has 1 aromatic heterocycles. The number of hydrogen-bond donors (Lipinski definition) is 1. The Morgan fingerprint density at radius 3 is 2.65 bits per heavy atom. The van der Waals surface area contributed by atoms with Gasteiger partial charge < -0.3 is 5.32 Å². The van der Waals surface area contributed by atoms with Gasteiger partial charge in [0.05, 0.1) is 0 Å². The van der Waals surface area contributed by atoms with E-state index in [0.29, 0.717) is 21.6 Å². The van der Waals surface area contributed by atoms with Crippen LogP contribution in [0.5, 0.6) is 0 Å². The average Bonchev–Trinajstić information content (AvgIpc) is 2.42. The summed E-state index contributed by atoms with van der Waals surface area (Å²) in [4.78, 5) is 9.05. The summed E-state index contributed by atoms with van der Waals surface area (Å²) in [5.41, 5.74) is 0. The maximum Gasteiger partial charge on any atom is 0.140 e. The topological polar surface area (TPSA) is 37.8 Å². The predicted molar refractivity (Wildman–Crippen MR) is 76.1 cm³/mol. The zero-order chi connectivity index (χ0) is 14.5. The molecule has 106 valence electrons. The van der Waals surface area contributed by atoms with Gasteiger partial charge in [-0.05, 0) is 18.6 Å². The summed E-state index contributed by atoms with van der Waals surface area (Å²) in [7, 11) is 1.77. The molecule has 1 N–H and O–H groups in total. The number of rotatable bonds is 5. The molecule has 0 aliphatic heterocycles. The fourth-order valence-corrected chi connectivity index (χ4v) is 2.50. The van der Waals surface area contributed by atoms with Gasteiger partial charge in [-0.25, -0.2) is 18.7 Å². The lowest BCUT2D eigenvalue weighted by molar-refractivity contribution is 0.565. The number of halogens is 2. The molecule has 2 aromatic rings. The second-order valence-electron chi connectivity index (χ2n) is 4.18. The monoisotopic (exact) mass is 295 g/mol. The molecule has 0 saturated heterocycles. The minimum Gasteiger partial charge on any atom is -0.373 e. The van der Waals surface area contributed by atoms with Gasteiger partial charge >= 0.3 is 0 Å². The van der Waals surface area contributed by atoms with Crippen LogP contribution in [-0.2, 0) is 6.42 Å². The van der Waals surface area contributed by atoms with Crippen molar-refractivity contribution in [3.05, 3.63) is 41.7 Å². The van der Waals surface area contributed by atoms with Crippen molar-refractivity contribution >= 4 is 17.6 Å². The Morgan fingerprint density at radius 2 is 2.00 bits per heavy atom. The Kier molecular flexibility index (Phi) is 4.89. The number of anilines is 1. The number of nitrogens with zero attached hydrogens (tertiary/aromatic N) is 2. The molecule has 0 fully saturated rings. The zero-order valence-corrected chi connectivity index (χ0v) is 12.1. The van der Waals surface area contributed by atoms with Crippen LogP contribution < -0.4 is 5.32 Å². The summed E-state index contributed by atoms with van der Waals surface area (Å²) < 4.78 is 26.5. The van der Waals surface area contributed by atoms with E-state index in [0.717, 1.165) is 30.7 Å². The van der Waals surface area contributed by atoms with Crippen LogP contribution in [0.3, 0.4) is 0 Å². The molecule has 0 bridgehead atoms. The van der Waals surface area contributed by atoms with Gasteiger partial charge in [0.2, 0.25) is 0 Å². The minimum absolute atomic E-state index is 0.342. The Hall–Kier alpha value is -1.69. The van der Waals surface area contributed by atoms with Crippen LogP contribution in [0.4, 0.5) is 14.6 Å². The van der Waals surface area contributed by atoms with Gasteiger partial charge in [0, 0.05) is 30.5 Å². The Balaban J connectivity index is 2.29. The van der Waals surface area contributed by atoms with E-state index in [1.807, 2.05) is 6.92 Å². The Bertz CT molecular complexity index is 605. The normalized spacial score (nSPS) is 10.6. The van der Waals surface area contributed by atoms with Gasteiger partial charge in [-0.1, -0.05) is 18.7 Å². The molecule has 0 aliphatic rings. The highest BCUT2D eigenvalue weighted by atomic mass is 32.2. The van der Waals surface area contributed by atoms with Crippen LogP contribution in [0.2, 0.25) is 0 Å². The molecule has 0 spiro atoms. The van der Waals surface area contributed by atoms with Crippen LogP contribution in [0.25, 0.3) is 0 Å². The molecule has 3 nitrogen and oxygen atoms in total. The second-order valence-corrected chi connectivity index (χ2v) is 5.25. The fourth-order valence-electron chi connectivity index (χ4n) is 1.66. The lowest BCUT2D eigenvalue weighted by Crippen LogP contribution is -2.01. The fraction of sp³-hybridized carbons (Fsp3) is 0.286. The highest BCUT2D eigenvalue weighted by molar-refractivity contribution is 7.99. The van der Waals surface area contributed by atoms with E-state index >= 15 is 0 Å². The van der Waals surface area contributed by atoms with E-state index in [1.54, 1.807) is 13.1 Å². The van der Waals surface area contributed by atoms with Crippen LogP contribution in [0, 0.1) is 11.6 Å². The predicted octanol–water partition coefficient (Wildman–Crippen LogP) is 3.90. The van der Waals surface area contributed by atoms with Gasteiger partial charge in [0.25, 0.3) is 0 Å².